The fourth-order valence-corrected chi connectivity index (χ4v) is 0.716. The lowest BCUT2D eigenvalue weighted by molar-refractivity contribution is -0.441. The lowest BCUT2D eigenvalue weighted by Crippen LogP contribution is -2.50. The Morgan fingerprint density at radius 2 is 2.00 bits per heavy atom. The molecule has 0 bridgehead atoms. The van der Waals surface area contributed by atoms with E-state index in [1.807, 2.05) is 0 Å². The van der Waals surface area contributed by atoms with Crippen molar-refractivity contribution in [2.24, 2.45) is 0 Å². The summed E-state index contributed by atoms with van der Waals surface area (Å²) in [4.78, 5) is 0. The number of ether oxygens (including phenoxy) is 2. The molecular formula is C5H10O3. The third-order valence-electron chi connectivity index (χ3n) is 0.980. The van der Waals surface area contributed by atoms with Gasteiger partial charge >= 0.3 is 0 Å². The van der Waals surface area contributed by atoms with E-state index in [9.17, 15) is 0 Å². The van der Waals surface area contributed by atoms with E-state index >= 15 is 0 Å². The minimum Gasteiger partial charge on any atom is -0.391 e. The molecule has 3 heteroatoms. The molecule has 1 N–H and O–H groups in total. The first kappa shape index (κ1) is 6.01. The number of rotatable bonds is 1. The van der Waals surface area contributed by atoms with Gasteiger partial charge in [0.05, 0.1) is 6.61 Å². The third-order valence-corrected chi connectivity index (χ3v) is 0.980. The maximum absolute atomic E-state index is 8.37. The van der Waals surface area contributed by atoms with E-state index in [0.717, 1.165) is 0 Å². The normalized spacial score (nSPS) is 27.4. The fourth-order valence-electron chi connectivity index (χ4n) is 0.716. The zero-order valence-electron chi connectivity index (χ0n) is 5.05. The van der Waals surface area contributed by atoms with Crippen LogP contribution in [0.4, 0.5) is 0 Å². The maximum atomic E-state index is 8.37. The van der Waals surface area contributed by atoms with Crippen molar-refractivity contribution >= 4 is 0 Å². The van der Waals surface area contributed by atoms with Crippen molar-refractivity contribution in [3.05, 3.63) is 0 Å². The van der Waals surface area contributed by atoms with Gasteiger partial charge in [0, 0.05) is 0 Å². The van der Waals surface area contributed by atoms with Gasteiger partial charge in [-0.15, -0.1) is 0 Å². The molecule has 0 amide bonds. The van der Waals surface area contributed by atoms with Crippen LogP contribution in [-0.2, 0) is 9.47 Å². The topological polar surface area (TPSA) is 38.7 Å². The van der Waals surface area contributed by atoms with Crippen molar-refractivity contribution in [2.45, 2.75) is 25.9 Å². The molecule has 0 aromatic carbocycles. The zero-order chi connectivity index (χ0) is 6.20. The second-order valence-corrected chi connectivity index (χ2v) is 2.25. The maximum Gasteiger partial charge on any atom is 0.187 e. The summed E-state index contributed by atoms with van der Waals surface area (Å²) in [6.45, 7) is 3.56. The average molecular weight is 118 g/mol. The van der Waals surface area contributed by atoms with Crippen LogP contribution in [0.2, 0.25) is 0 Å². The smallest absolute Gasteiger partial charge is 0.187 e. The zero-order valence-corrected chi connectivity index (χ0v) is 5.05. The van der Waals surface area contributed by atoms with Crippen molar-refractivity contribution in [1.82, 2.24) is 0 Å². The largest absolute Gasteiger partial charge is 0.391 e. The molecule has 1 aliphatic rings. The summed E-state index contributed by atoms with van der Waals surface area (Å²) in [6, 6.07) is 0. The monoisotopic (exact) mass is 118 g/mol. The van der Waals surface area contributed by atoms with Crippen molar-refractivity contribution in [2.75, 3.05) is 6.61 Å². The predicted molar refractivity (Wildman–Crippen MR) is 27.1 cm³/mol. The summed E-state index contributed by atoms with van der Waals surface area (Å²) >= 11 is 0. The van der Waals surface area contributed by atoms with Crippen molar-refractivity contribution in [1.29, 1.82) is 0 Å². The molecule has 8 heavy (non-hydrogen) atoms. The van der Waals surface area contributed by atoms with Crippen molar-refractivity contribution in [3.63, 3.8) is 0 Å². The van der Waals surface area contributed by atoms with Gasteiger partial charge in [-0.1, -0.05) is 0 Å². The Labute approximate surface area is 48.2 Å². The van der Waals surface area contributed by atoms with Gasteiger partial charge in [0.1, 0.15) is 0 Å². The molecule has 1 saturated heterocycles. The van der Waals surface area contributed by atoms with Gasteiger partial charge in [-0.3, -0.25) is 0 Å². The number of hydrogen-bond acceptors (Lipinski definition) is 3. The van der Waals surface area contributed by atoms with Gasteiger partial charge in [0.25, 0.3) is 0 Å². The van der Waals surface area contributed by atoms with E-state index in [1.165, 1.54) is 0 Å². The molecular weight excluding hydrogens is 108 g/mol. The second-order valence-electron chi connectivity index (χ2n) is 2.25. The van der Waals surface area contributed by atoms with Crippen LogP contribution in [-0.4, -0.2) is 23.8 Å². The van der Waals surface area contributed by atoms with Crippen LogP contribution in [0.3, 0.4) is 0 Å². The Morgan fingerprint density at radius 3 is 2.12 bits per heavy atom. The Kier molecular flexibility index (Phi) is 1.27. The van der Waals surface area contributed by atoms with Crippen LogP contribution < -0.4 is 0 Å². The Hall–Kier alpha value is -0.120. The van der Waals surface area contributed by atoms with Crippen molar-refractivity contribution in [3.8, 4) is 0 Å². The molecule has 0 atom stereocenters. The predicted octanol–water partition coefficient (Wildman–Crippen LogP) is 0.0877. The van der Waals surface area contributed by atoms with E-state index in [2.05, 4.69) is 0 Å². The van der Waals surface area contributed by atoms with E-state index in [4.69, 9.17) is 14.6 Å². The summed E-state index contributed by atoms with van der Waals surface area (Å²) in [5.74, 6) is -0.465. The summed E-state index contributed by atoms with van der Waals surface area (Å²) in [6.07, 6.45) is -0.384. The van der Waals surface area contributed by atoms with Gasteiger partial charge in [0.2, 0.25) is 0 Å². The van der Waals surface area contributed by atoms with E-state index < -0.39 is 5.79 Å². The number of aliphatic hydroxyl groups excluding tert-OH is 1. The first-order valence-corrected chi connectivity index (χ1v) is 2.60. The molecule has 3 nitrogen and oxygen atoms in total. The van der Waals surface area contributed by atoms with E-state index in [1.54, 1.807) is 13.8 Å². The van der Waals surface area contributed by atoms with Gasteiger partial charge in [-0.25, -0.2) is 0 Å². The quantitative estimate of drug-likeness (QED) is 0.530. The highest BCUT2D eigenvalue weighted by atomic mass is 16.9. The van der Waals surface area contributed by atoms with Crippen LogP contribution in [0.1, 0.15) is 13.8 Å². The first-order chi connectivity index (χ1) is 3.64. The van der Waals surface area contributed by atoms with Gasteiger partial charge in [0.15, 0.2) is 12.1 Å². The number of hydrogen-bond donors (Lipinski definition) is 1. The van der Waals surface area contributed by atoms with Crippen LogP contribution in [0.25, 0.3) is 0 Å². The molecule has 0 aliphatic carbocycles. The minimum absolute atomic E-state index is 0.0522. The SMILES string of the molecule is CC1(C)OC(CO)O1. The summed E-state index contributed by atoms with van der Waals surface area (Å²) in [5, 5.41) is 8.37. The Morgan fingerprint density at radius 1 is 1.50 bits per heavy atom. The fraction of sp³-hybridized carbons (Fsp3) is 1.00. The first-order valence-electron chi connectivity index (χ1n) is 2.60. The van der Waals surface area contributed by atoms with Crippen LogP contribution >= 0.6 is 0 Å². The van der Waals surface area contributed by atoms with Crippen molar-refractivity contribution < 1.29 is 14.6 Å². The highest BCUT2D eigenvalue weighted by Crippen LogP contribution is 2.26. The Balaban J connectivity index is 2.21. The van der Waals surface area contributed by atoms with E-state index in [0.29, 0.717) is 0 Å². The van der Waals surface area contributed by atoms with Gasteiger partial charge < -0.3 is 14.6 Å². The molecule has 0 radical (unpaired) electrons. The third kappa shape index (κ3) is 0.992. The molecule has 0 aromatic heterocycles. The minimum atomic E-state index is -0.465. The van der Waals surface area contributed by atoms with Gasteiger partial charge in [-0.05, 0) is 13.8 Å². The summed E-state index contributed by atoms with van der Waals surface area (Å²) in [7, 11) is 0. The highest BCUT2D eigenvalue weighted by Gasteiger charge is 2.37. The summed E-state index contributed by atoms with van der Waals surface area (Å²) < 4.78 is 10.0. The number of aliphatic hydroxyl groups is 1. The molecule has 1 rings (SSSR count). The van der Waals surface area contributed by atoms with Crippen LogP contribution in [0.15, 0.2) is 0 Å². The van der Waals surface area contributed by atoms with Crippen LogP contribution in [0.5, 0.6) is 0 Å². The molecule has 0 unspecified atom stereocenters. The second kappa shape index (κ2) is 1.69. The molecule has 0 aromatic rings. The Bertz CT molecular complexity index is 81.7. The van der Waals surface area contributed by atoms with E-state index in [-0.39, 0.29) is 12.9 Å². The lowest BCUT2D eigenvalue weighted by Gasteiger charge is -2.41. The molecule has 0 spiro atoms. The highest BCUT2D eigenvalue weighted by molar-refractivity contribution is 4.65. The molecule has 1 aliphatic heterocycles. The summed E-state index contributed by atoms with van der Waals surface area (Å²) in [5.41, 5.74) is 0. The standard InChI is InChI=1S/C5H10O3/c1-5(2)7-4(3-6)8-5/h4,6H,3H2,1-2H3. The molecule has 48 valence electrons. The average Bonchev–Trinajstić information content (AvgIpc) is 1.60. The molecule has 1 heterocycles. The molecule has 0 saturated carbocycles. The molecule has 1 fully saturated rings. The van der Waals surface area contributed by atoms with Gasteiger partial charge in [-0.2, -0.15) is 0 Å². The lowest BCUT2D eigenvalue weighted by atomic mass is 10.3. The van der Waals surface area contributed by atoms with Crippen LogP contribution in [0, 0.1) is 0 Å².